The highest BCUT2D eigenvalue weighted by Gasteiger charge is 2.49. The molecule has 0 bridgehead atoms. The molecule has 1 heterocycles. The van der Waals surface area contributed by atoms with E-state index in [9.17, 15) is 28.7 Å². The first-order valence-electron chi connectivity index (χ1n) is 8.47. The van der Waals surface area contributed by atoms with Crippen molar-refractivity contribution in [1.82, 2.24) is 15.5 Å². The maximum absolute atomic E-state index is 13.1. The lowest BCUT2D eigenvalue weighted by molar-refractivity contribution is -0.142. The summed E-state index contributed by atoms with van der Waals surface area (Å²) in [5.41, 5.74) is -1.07. The van der Waals surface area contributed by atoms with Gasteiger partial charge in [-0.1, -0.05) is 26.0 Å². The summed E-state index contributed by atoms with van der Waals surface area (Å²) in [7, 11) is 0. The summed E-state index contributed by atoms with van der Waals surface area (Å²) in [4.78, 5) is 49.0. The zero-order valence-corrected chi connectivity index (χ0v) is 15.3. The van der Waals surface area contributed by atoms with Crippen LogP contribution < -0.4 is 10.6 Å². The highest BCUT2D eigenvalue weighted by atomic mass is 19.1. The van der Waals surface area contributed by atoms with Gasteiger partial charge in [-0.2, -0.15) is 0 Å². The largest absolute Gasteiger partial charge is 0.480 e. The predicted octanol–water partition coefficient (Wildman–Crippen LogP) is 1.21. The number of nitrogens with one attached hydrogen (secondary N) is 2. The van der Waals surface area contributed by atoms with Gasteiger partial charge < -0.3 is 15.7 Å². The number of imide groups is 1. The number of hydrogen-bond donors (Lipinski definition) is 3. The molecule has 4 amide bonds. The van der Waals surface area contributed by atoms with E-state index in [1.165, 1.54) is 31.2 Å². The Kier molecular flexibility index (Phi) is 5.82. The number of carbonyl (C=O) groups is 4. The average Bonchev–Trinajstić information content (AvgIpc) is 2.78. The van der Waals surface area contributed by atoms with Crippen LogP contribution in [0.1, 0.15) is 32.8 Å². The zero-order chi connectivity index (χ0) is 20.4. The van der Waals surface area contributed by atoms with E-state index in [1.807, 2.05) is 13.8 Å². The van der Waals surface area contributed by atoms with Gasteiger partial charge in [0.1, 0.15) is 23.9 Å². The highest BCUT2D eigenvalue weighted by molar-refractivity contribution is 6.09. The summed E-state index contributed by atoms with van der Waals surface area (Å²) in [6.07, 6.45) is 0.217. The second kappa shape index (κ2) is 7.73. The first-order valence-corrected chi connectivity index (χ1v) is 8.47. The van der Waals surface area contributed by atoms with Crippen LogP contribution in [0.25, 0.3) is 0 Å². The third kappa shape index (κ3) is 4.42. The zero-order valence-electron chi connectivity index (χ0n) is 15.3. The Morgan fingerprint density at radius 3 is 2.37 bits per heavy atom. The van der Waals surface area contributed by atoms with Gasteiger partial charge in [-0.05, 0) is 37.0 Å². The van der Waals surface area contributed by atoms with E-state index >= 15 is 0 Å². The lowest BCUT2D eigenvalue weighted by atomic mass is 9.92. The van der Waals surface area contributed by atoms with Crippen LogP contribution in [0, 0.1) is 11.7 Å². The van der Waals surface area contributed by atoms with Crippen molar-refractivity contribution in [3.05, 3.63) is 35.6 Å². The molecule has 1 aromatic rings. The summed E-state index contributed by atoms with van der Waals surface area (Å²) < 4.78 is 13.1. The van der Waals surface area contributed by atoms with Gasteiger partial charge >= 0.3 is 12.0 Å². The van der Waals surface area contributed by atoms with Crippen LogP contribution in [0.15, 0.2) is 24.3 Å². The molecule has 8 nitrogen and oxygen atoms in total. The first kappa shape index (κ1) is 20.3. The van der Waals surface area contributed by atoms with Crippen molar-refractivity contribution in [2.75, 3.05) is 6.54 Å². The molecular formula is C18H22FN3O5. The van der Waals surface area contributed by atoms with Crippen LogP contribution in [0.5, 0.6) is 0 Å². The van der Waals surface area contributed by atoms with Crippen molar-refractivity contribution in [3.63, 3.8) is 0 Å². The van der Waals surface area contributed by atoms with Crippen molar-refractivity contribution in [2.45, 2.75) is 38.8 Å². The fourth-order valence-electron chi connectivity index (χ4n) is 2.90. The monoisotopic (exact) mass is 379 g/mol. The van der Waals surface area contributed by atoms with E-state index in [0.717, 1.165) is 0 Å². The van der Waals surface area contributed by atoms with Gasteiger partial charge in [0.05, 0.1) is 0 Å². The Balaban J connectivity index is 2.11. The van der Waals surface area contributed by atoms with Gasteiger partial charge in [-0.15, -0.1) is 0 Å². The number of benzene rings is 1. The van der Waals surface area contributed by atoms with Gasteiger partial charge in [0.2, 0.25) is 5.91 Å². The van der Waals surface area contributed by atoms with Crippen molar-refractivity contribution in [3.8, 4) is 0 Å². The van der Waals surface area contributed by atoms with Crippen LogP contribution in [0.2, 0.25) is 0 Å². The molecule has 2 atom stereocenters. The topological polar surface area (TPSA) is 116 Å². The number of hydrogen-bond acceptors (Lipinski definition) is 4. The van der Waals surface area contributed by atoms with Crippen LogP contribution in [-0.2, 0) is 19.9 Å². The molecule has 2 rings (SSSR count). The summed E-state index contributed by atoms with van der Waals surface area (Å²) >= 11 is 0. The number of aliphatic carboxylic acids is 1. The Labute approximate surface area is 155 Å². The standard InChI is InChI=1S/C18H22FN3O5/c1-10(2)8-13(15(24)25)20-14(23)9-22-16(26)18(3,21-17(22)27)11-4-6-12(19)7-5-11/h4-7,10,13H,8-9H2,1-3H3,(H,20,23)(H,21,27)(H,24,25)/t13-,18?/m0/s1. The fraction of sp³-hybridized carbons (Fsp3) is 0.444. The van der Waals surface area contributed by atoms with Gasteiger partial charge in [-0.25, -0.2) is 14.0 Å². The normalized spacial score (nSPS) is 20.6. The van der Waals surface area contributed by atoms with E-state index in [2.05, 4.69) is 10.6 Å². The lowest BCUT2D eigenvalue weighted by Gasteiger charge is -2.22. The third-order valence-electron chi connectivity index (χ3n) is 4.34. The molecule has 146 valence electrons. The van der Waals surface area contributed by atoms with Gasteiger partial charge in [0.15, 0.2) is 0 Å². The SMILES string of the molecule is CC(C)C[C@H](NC(=O)CN1C(=O)NC(C)(c2ccc(F)cc2)C1=O)C(=O)O. The minimum absolute atomic E-state index is 0.0323. The van der Waals surface area contributed by atoms with Gasteiger partial charge in [-0.3, -0.25) is 14.5 Å². The summed E-state index contributed by atoms with van der Waals surface area (Å²) in [6, 6.07) is 3.19. The second-order valence-corrected chi connectivity index (χ2v) is 7.04. The average molecular weight is 379 g/mol. The van der Waals surface area contributed by atoms with E-state index < -0.39 is 47.8 Å². The molecule has 9 heteroatoms. The first-order chi connectivity index (χ1) is 12.5. The summed E-state index contributed by atoms with van der Waals surface area (Å²) in [5, 5.41) is 14.0. The molecule has 0 aliphatic carbocycles. The highest BCUT2D eigenvalue weighted by Crippen LogP contribution is 2.28. The van der Waals surface area contributed by atoms with E-state index in [0.29, 0.717) is 10.5 Å². The molecule has 27 heavy (non-hydrogen) atoms. The molecule has 3 N–H and O–H groups in total. The quantitative estimate of drug-likeness (QED) is 0.616. The van der Waals surface area contributed by atoms with Crippen LogP contribution in [0.4, 0.5) is 9.18 Å². The number of carboxylic acid groups (broad SMARTS) is 1. The molecule has 1 aliphatic rings. The van der Waals surface area contributed by atoms with Crippen molar-refractivity contribution >= 4 is 23.8 Å². The van der Waals surface area contributed by atoms with Gasteiger partial charge in [0, 0.05) is 0 Å². The lowest BCUT2D eigenvalue weighted by Crippen LogP contribution is -2.48. The number of carboxylic acids is 1. The maximum Gasteiger partial charge on any atom is 0.326 e. The van der Waals surface area contributed by atoms with Gasteiger partial charge in [0.25, 0.3) is 5.91 Å². The number of carbonyl (C=O) groups excluding carboxylic acids is 3. The Morgan fingerprint density at radius 2 is 1.85 bits per heavy atom. The minimum Gasteiger partial charge on any atom is -0.480 e. The maximum atomic E-state index is 13.1. The molecule has 0 radical (unpaired) electrons. The molecule has 1 fully saturated rings. The molecular weight excluding hydrogens is 357 g/mol. The number of amides is 4. The number of nitrogens with zero attached hydrogens (tertiary/aromatic N) is 1. The fourth-order valence-corrected chi connectivity index (χ4v) is 2.90. The van der Waals surface area contributed by atoms with Crippen LogP contribution >= 0.6 is 0 Å². The van der Waals surface area contributed by atoms with E-state index in [-0.39, 0.29) is 12.3 Å². The van der Waals surface area contributed by atoms with Crippen molar-refractivity contribution in [1.29, 1.82) is 0 Å². The molecule has 1 unspecified atom stereocenters. The summed E-state index contributed by atoms with van der Waals surface area (Å²) in [5.74, 6) is -3.07. The Hall–Kier alpha value is -2.97. The number of halogens is 1. The minimum atomic E-state index is -1.44. The summed E-state index contributed by atoms with van der Waals surface area (Å²) in [6.45, 7) is 4.47. The van der Waals surface area contributed by atoms with Crippen molar-refractivity contribution < 1.29 is 28.7 Å². The second-order valence-electron chi connectivity index (χ2n) is 7.04. The van der Waals surface area contributed by atoms with Crippen LogP contribution in [-0.4, -0.2) is 46.4 Å². The van der Waals surface area contributed by atoms with E-state index in [4.69, 9.17) is 0 Å². The smallest absolute Gasteiger partial charge is 0.326 e. The molecule has 1 aromatic carbocycles. The third-order valence-corrected chi connectivity index (χ3v) is 4.34. The molecule has 0 saturated carbocycles. The molecule has 0 spiro atoms. The Morgan fingerprint density at radius 1 is 1.26 bits per heavy atom. The van der Waals surface area contributed by atoms with E-state index in [1.54, 1.807) is 0 Å². The molecule has 1 saturated heterocycles. The number of urea groups is 1. The Bertz CT molecular complexity index is 765. The number of rotatable bonds is 7. The molecule has 0 aromatic heterocycles. The predicted molar refractivity (Wildman–Crippen MR) is 93.0 cm³/mol. The van der Waals surface area contributed by atoms with Crippen LogP contribution in [0.3, 0.4) is 0 Å². The molecule has 1 aliphatic heterocycles. The van der Waals surface area contributed by atoms with Crippen molar-refractivity contribution in [2.24, 2.45) is 5.92 Å².